The summed E-state index contributed by atoms with van der Waals surface area (Å²) in [7, 11) is 0. The van der Waals surface area contributed by atoms with Gasteiger partial charge in [-0.05, 0) is 54.2 Å². The quantitative estimate of drug-likeness (QED) is 0.798. The molecule has 1 aliphatic heterocycles. The Kier molecular flexibility index (Phi) is 4.29. The molecule has 1 fully saturated rings. The summed E-state index contributed by atoms with van der Waals surface area (Å²) in [6, 6.07) is 13.7. The highest BCUT2D eigenvalue weighted by Crippen LogP contribution is 2.23. The summed E-state index contributed by atoms with van der Waals surface area (Å²) in [5.74, 6) is 0.627. The minimum absolute atomic E-state index is 0.116. The molecular formula is C20H20N4O. The van der Waals surface area contributed by atoms with Gasteiger partial charge in [0.15, 0.2) is 0 Å². The number of hydrogen-bond acceptors (Lipinski definition) is 3. The summed E-state index contributed by atoms with van der Waals surface area (Å²) in [6.45, 7) is 1.64. The summed E-state index contributed by atoms with van der Waals surface area (Å²) in [5.41, 5.74) is 3.97. The molecule has 0 saturated carbocycles. The third-order valence-electron chi connectivity index (χ3n) is 4.76. The van der Waals surface area contributed by atoms with Crippen LogP contribution >= 0.6 is 0 Å². The molecule has 126 valence electrons. The molecule has 25 heavy (non-hydrogen) atoms. The van der Waals surface area contributed by atoms with Gasteiger partial charge in [0, 0.05) is 37.2 Å². The second kappa shape index (κ2) is 6.89. The lowest BCUT2D eigenvalue weighted by Gasteiger charge is -2.17. The molecule has 1 aliphatic rings. The van der Waals surface area contributed by atoms with Gasteiger partial charge < -0.3 is 4.90 Å². The maximum absolute atomic E-state index is 12.7. The van der Waals surface area contributed by atoms with E-state index in [9.17, 15) is 4.79 Å². The van der Waals surface area contributed by atoms with E-state index in [1.165, 1.54) is 5.56 Å². The summed E-state index contributed by atoms with van der Waals surface area (Å²) in [4.78, 5) is 18.9. The fourth-order valence-corrected chi connectivity index (χ4v) is 3.43. The lowest BCUT2D eigenvalue weighted by atomic mass is 10.00. The first-order chi connectivity index (χ1) is 12.3. The number of aromatic nitrogens is 3. The van der Waals surface area contributed by atoms with Crippen molar-refractivity contribution in [1.82, 2.24) is 20.1 Å². The van der Waals surface area contributed by atoms with E-state index in [2.05, 4.69) is 21.2 Å². The first kappa shape index (κ1) is 15.6. The molecule has 0 bridgehead atoms. The molecule has 1 N–H and O–H groups in total. The van der Waals surface area contributed by atoms with Crippen molar-refractivity contribution in [2.24, 2.45) is 5.92 Å². The van der Waals surface area contributed by atoms with Gasteiger partial charge in [-0.15, -0.1) is 0 Å². The number of likely N-dealkylation sites (tertiary alicyclic amines) is 1. The number of hydrogen-bond donors (Lipinski definition) is 1. The lowest BCUT2D eigenvalue weighted by molar-refractivity contribution is 0.0787. The Labute approximate surface area is 146 Å². The minimum atomic E-state index is 0.116. The first-order valence-corrected chi connectivity index (χ1v) is 8.57. The molecule has 5 heteroatoms. The van der Waals surface area contributed by atoms with Gasteiger partial charge in [-0.1, -0.05) is 18.2 Å². The summed E-state index contributed by atoms with van der Waals surface area (Å²) < 4.78 is 0. The van der Waals surface area contributed by atoms with Crippen LogP contribution in [0.25, 0.3) is 11.3 Å². The summed E-state index contributed by atoms with van der Waals surface area (Å²) >= 11 is 0. The van der Waals surface area contributed by atoms with Crippen LogP contribution in [-0.4, -0.2) is 39.1 Å². The summed E-state index contributed by atoms with van der Waals surface area (Å²) in [6.07, 6.45) is 7.46. The number of carbonyl (C=O) groups is 1. The normalized spacial score (nSPS) is 17.0. The number of pyridine rings is 1. The molecule has 1 saturated heterocycles. The second-order valence-electron chi connectivity index (χ2n) is 6.52. The van der Waals surface area contributed by atoms with Crippen LogP contribution in [0.1, 0.15) is 22.3 Å². The molecule has 0 radical (unpaired) electrons. The molecular weight excluding hydrogens is 312 g/mol. The highest BCUT2D eigenvalue weighted by Gasteiger charge is 2.27. The Balaban J connectivity index is 1.40. The maximum Gasteiger partial charge on any atom is 0.253 e. The molecule has 1 aromatic carbocycles. The van der Waals surface area contributed by atoms with E-state index in [-0.39, 0.29) is 5.91 Å². The number of nitrogens with one attached hydrogen (secondary N) is 1. The molecule has 2 aromatic heterocycles. The van der Waals surface area contributed by atoms with Gasteiger partial charge in [-0.3, -0.25) is 14.9 Å². The Bertz CT molecular complexity index is 828. The van der Waals surface area contributed by atoms with Gasteiger partial charge in [0.1, 0.15) is 0 Å². The van der Waals surface area contributed by atoms with Crippen molar-refractivity contribution in [1.29, 1.82) is 0 Å². The number of benzene rings is 1. The zero-order chi connectivity index (χ0) is 17.1. The molecule has 5 nitrogen and oxygen atoms in total. The molecule has 3 heterocycles. The SMILES string of the molecule is O=C(c1ccc(-c2ccn[nH]2)cc1)N1CCC(Cc2cccnc2)C1. The molecule has 0 aliphatic carbocycles. The fraction of sp³-hybridized carbons (Fsp3) is 0.250. The van der Waals surface area contributed by atoms with Crippen LogP contribution in [-0.2, 0) is 6.42 Å². The van der Waals surface area contributed by atoms with E-state index < -0.39 is 0 Å². The van der Waals surface area contributed by atoms with Gasteiger partial charge in [-0.25, -0.2) is 0 Å². The van der Waals surface area contributed by atoms with Gasteiger partial charge in [0.2, 0.25) is 0 Å². The van der Waals surface area contributed by atoms with Crippen LogP contribution in [0.3, 0.4) is 0 Å². The average molecular weight is 332 g/mol. The van der Waals surface area contributed by atoms with Crippen molar-refractivity contribution < 1.29 is 4.79 Å². The smallest absolute Gasteiger partial charge is 0.253 e. The first-order valence-electron chi connectivity index (χ1n) is 8.57. The third-order valence-corrected chi connectivity index (χ3v) is 4.76. The third kappa shape index (κ3) is 3.45. The van der Waals surface area contributed by atoms with E-state index in [1.807, 2.05) is 47.5 Å². The topological polar surface area (TPSA) is 61.9 Å². The van der Waals surface area contributed by atoms with E-state index in [0.29, 0.717) is 5.92 Å². The van der Waals surface area contributed by atoms with E-state index in [1.54, 1.807) is 12.4 Å². The molecule has 4 rings (SSSR count). The molecule has 3 aromatic rings. The Hall–Kier alpha value is -2.95. The molecule has 1 unspecified atom stereocenters. The van der Waals surface area contributed by atoms with Gasteiger partial charge in [0.25, 0.3) is 5.91 Å². The standard InChI is InChI=1S/C20H20N4O/c25-20(18-5-3-17(4-6-18)19-7-10-22-23-19)24-11-8-16(14-24)12-15-2-1-9-21-13-15/h1-7,9-10,13,16H,8,11-12,14H2,(H,22,23). The van der Waals surface area contributed by atoms with Gasteiger partial charge in [-0.2, -0.15) is 5.10 Å². The van der Waals surface area contributed by atoms with Gasteiger partial charge >= 0.3 is 0 Å². The number of rotatable bonds is 4. The fourth-order valence-electron chi connectivity index (χ4n) is 3.43. The van der Waals surface area contributed by atoms with E-state index in [4.69, 9.17) is 0 Å². The van der Waals surface area contributed by atoms with Crippen LogP contribution in [0.5, 0.6) is 0 Å². The van der Waals surface area contributed by atoms with Gasteiger partial charge in [0.05, 0.1) is 5.69 Å². The highest BCUT2D eigenvalue weighted by molar-refractivity contribution is 5.94. The van der Waals surface area contributed by atoms with Crippen molar-refractivity contribution in [3.63, 3.8) is 0 Å². The van der Waals surface area contributed by atoms with Crippen LogP contribution in [0.2, 0.25) is 0 Å². The minimum Gasteiger partial charge on any atom is -0.338 e. The zero-order valence-electron chi connectivity index (χ0n) is 13.9. The molecule has 0 spiro atoms. The van der Waals surface area contributed by atoms with E-state index >= 15 is 0 Å². The van der Waals surface area contributed by atoms with Crippen molar-refractivity contribution in [2.45, 2.75) is 12.8 Å². The Morgan fingerprint density at radius 3 is 2.76 bits per heavy atom. The Morgan fingerprint density at radius 1 is 1.16 bits per heavy atom. The number of amides is 1. The van der Waals surface area contributed by atoms with Crippen LogP contribution in [0.15, 0.2) is 61.1 Å². The van der Waals surface area contributed by atoms with Crippen molar-refractivity contribution in [3.05, 3.63) is 72.2 Å². The van der Waals surface area contributed by atoms with Crippen molar-refractivity contribution >= 4 is 5.91 Å². The number of nitrogens with zero attached hydrogens (tertiary/aromatic N) is 3. The highest BCUT2D eigenvalue weighted by atomic mass is 16.2. The summed E-state index contributed by atoms with van der Waals surface area (Å²) in [5, 5.41) is 6.89. The van der Waals surface area contributed by atoms with Crippen LogP contribution < -0.4 is 0 Å². The van der Waals surface area contributed by atoms with E-state index in [0.717, 1.165) is 42.8 Å². The Morgan fingerprint density at radius 2 is 2.04 bits per heavy atom. The number of H-pyrrole nitrogens is 1. The largest absolute Gasteiger partial charge is 0.338 e. The lowest BCUT2D eigenvalue weighted by Crippen LogP contribution is -2.28. The number of aromatic amines is 1. The van der Waals surface area contributed by atoms with Crippen molar-refractivity contribution in [2.75, 3.05) is 13.1 Å². The molecule has 1 amide bonds. The predicted molar refractivity (Wildman–Crippen MR) is 96.0 cm³/mol. The maximum atomic E-state index is 12.7. The van der Waals surface area contributed by atoms with Crippen LogP contribution in [0, 0.1) is 5.92 Å². The average Bonchev–Trinajstić information content (AvgIpc) is 3.34. The van der Waals surface area contributed by atoms with Crippen LogP contribution in [0.4, 0.5) is 0 Å². The van der Waals surface area contributed by atoms with Crippen molar-refractivity contribution in [3.8, 4) is 11.3 Å². The zero-order valence-corrected chi connectivity index (χ0v) is 13.9. The monoisotopic (exact) mass is 332 g/mol. The number of carbonyl (C=O) groups excluding carboxylic acids is 1. The predicted octanol–water partition coefficient (Wildman–Crippen LogP) is 3.18. The second-order valence-corrected chi connectivity index (χ2v) is 6.52. The molecule has 1 atom stereocenters.